The van der Waals surface area contributed by atoms with Gasteiger partial charge in [-0.25, -0.2) is 4.39 Å². The zero-order chi connectivity index (χ0) is 20.1. The van der Waals surface area contributed by atoms with Gasteiger partial charge in [0.25, 0.3) is 11.8 Å². The van der Waals surface area contributed by atoms with Crippen LogP contribution in [0.25, 0.3) is 0 Å². The van der Waals surface area contributed by atoms with Gasteiger partial charge < -0.3 is 15.0 Å². The zero-order valence-corrected chi connectivity index (χ0v) is 15.5. The minimum absolute atomic E-state index is 0.161. The lowest BCUT2D eigenvalue weighted by molar-refractivity contribution is -0.158. The maximum atomic E-state index is 13.6. The summed E-state index contributed by atoms with van der Waals surface area (Å²) < 4.78 is 18.7. The fraction of sp³-hybridized carbons (Fsp3) is 0.286. The topological polar surface area (TPSA) is 75.7 Å². The highest BCUT2D eigenvalue weighted by Crippen LogP contribution is 2.19. The molecule has 1 heterocycles. The molecule has 28 heavy (non-hydrogen) atoms. The number of carbonyl (C=O) groups is 3. The summed E-state index contributed by atoms with van der Waals surface area (Å²) in [7, 11) is 0. The molecule has 2 aromatic rings. The van der Waals surface area contributed by atoms with Crippen molar-refractivity contribution in [3.05, 3.63) is 71.0 Å². The molecule has 0 unspecified atom stereocenters. The van der Waals surface area contributed by atoms with E-state index < -0.39 is 30.3 Å². The normalized spacial score (nSPS) is 14.0. The van der Waals surface area contributed by atoms with Crippen molar-refractivity contribution in [1.29, 1.82) is 0 Å². The van der Waals surface area contributed by atoms with E-state index in [4.69, 9.17) is 4.74 Å². The lowest BCUT2D eigenvalue weighted by atomic mass is 9.99. The molecule has 6 nitrogen and oxygen atoms in total. The second kappa shape index (κ2) is 8.65. The first-order valence-corrected chi connectivity index (χ1v) is 9.03. The Hall–Kier alpha value is -3.22. The molecule has 0 bridgehead atoms. The van der Waals surface area contributed by atoms with E-state index in [1.165, 1.54) is 30.7 Å². The number of nitrogens with one attached hydrogen (secondary N) is 1. The minimum atomic E-state index is -0.969. The summed E-state index contributed by atoms with van der Waals surface area (Å²) >= 11 is 0. The molecule has 0 saturated carbocycles. The van der Waals surface area contributed by atoms with E-state index in [0.717, 1.165) is 18.1 Å². The van der Waals surface area contributed by atoms with Crippen molar-refractivity contribution in [2.24, 2.45) is 0 Å². The maximum Gasteiger partial charge on any atom is 0.326 e. The number of hydrogen-bond donors (Lipinski definition) is 1. The average molecular weight is 384 g/mol. The maximum absolute atomic E-state index is 13.6. The summed E-state index contributed by atoms with van der Waals surface area (Å²) in [5, 5.41) is 2.30. The predicted octanol–water partition coefficient (Wildman–Crippen LogP) is 2.07. The first kappa shape index (κ1) is 19.5. The van der Waals surface area contributed by atoms with E-state index in [0.29, 0.717) is 13.1 Å². The van der Waals surface area contributed by atoms with Crippen LogP contribution in [0.2, 0.25) is 0 Å². The summed E-state index contributed by atoms with van der Waals surface area (Å²) in [5.41, 5.74) is 2.14. The van der Waals surface area contributed by atoms with Gasteiger partial charge in [-0.05, 0) is 36.6 Å². The quantitative estimate of drug-likeness (QED) is 0.801. The lowest BCUT2D eigenvalue weighted by Crippen LogP contribution is -2.43. The highest BCUT2D eigenvalue weighted by atomic mass is 19.1. The fourth-order valence-corrected chi connectivity index (χ4v) is 3.12. The first-order valence-electron chi connectivity index (χ1n) is 9.03. The van der Waals surface area contributed by atoms with Gasteiger partial charge in [0.05, 0.1) is 5.56 Å². The Morgan fingerprint density at radius 2 is 1.79 bits per heavy atom. The number of nitrogens with zero attached hydrogens (tertiary/aromatic N) is 1. The van der Waals surface area contributed by atoms with Crippen LogP contribution in [0.5, 0.6) is 0 Å². The number of ether oxygens (including phenoxy) is 1. The molecule has 0 fully saturated rings. The van der Waals surface area contributed by atoms with Crippen molar-refractivity contribution in [3.8, 4) is 0 Å². The summed E-state index contributed by atoms with van der Waals surface area (Å²) in [6.07, 6.45) is -0.218. The van der Waals surface area contributed by atoms with E-state index in [9.17, 15) is 18.8 Å². The molecular formula is C21H21FN2O4. The number of halogens is 1. The number of benzene rings is 2. The Balaban J connectivity index is 1.49. The Bertz CT molecular complexity index is 899. The van der Waals surface area contributed by atoms with E-state index in [1.54, 1.807) is 4.90 Å². The molecule has 146 valence electrons. The number of fused-ring (bicyclic) bond motifs is 1. The van der Waals surface area contributed by atoms with Gasteiger partial charge in [-0.1, -0.05) is 36.4 Å². The predicted molar refractivity (Wildman–Crippen MR) is 99.9 cm³/mol. The minimum Gasteiger partial charge on any atom is -0.451 e. The Kier molecular flexibility index (Phi) is 6.03. The van der Waals surface area contributed by atoms with Crippen LogP contribution in [-0.4, -0.2) is 41.9 Å². The standard InChI is InChI=1S/C21H21FN2O4/c1-14(21(27)24-11-10-15-6-2-3-7-16(15)13-24)28-19(25)12-23-20(26)17-8-4-5-9-18(17)22/h2-9,14H,10-13H2,1H3,(H,23,26)/t14-/m0/s1. The molecule has 0 radical (unpaired) electrons. The Morgan fingerprint density at radius 3 is 2.54 bits per heavy atom. The number of carbonyl (C=O) groups excluding carboxylic acids is 3. The van der Waals surface area contributed by atoms with Gasteiger partial charge in [0.2, 0.25) is 0 Å². The van der Waals surface area contributed by atoms with Crippen molar-refractivity contribution >= 4 is 17.8 Å². The highest BCUT2D eigenvalue weighted by molar-refractivity contribution is 5.96. The molecule has 2 aromatic carbocycles. The van der Waals surface area contributed by atoms with E-state index in [-0.39, 0.29) is 11.5 Å². The summed E-state index contributed by atoms with van der Waals surface area (Å²) in [6, 6.07) is 13.4. The van der Waals surface area contributed by atoms with Crippen LogP contribution in [0.4, 0.5) is 4.39 Å². The Labute approximate surface area is 162 Å². The molecule has 7 heteroatoms. The average Bonchev–Trinajstić information content (AvgIpc) is 2.71. The van der Waals surface area contributed by atoms with Gasteiger partial charge in [0, 0.05) is 13.1 Å². The van der Waals surface area contributed by atoms with Gasteiger partial charge in [-0.2, -0.15) is 0 Å². The largest absolute Gasteiger partial charge is 0.451 e. The lowest BCUT2D eigenvalue weighted by Gasteiger charge is -2.30. The van der Waals surface area contributed by atoms with Gasteiger partial charge in [0.15, 0.2) is 6.10 Å². The molecule has 2 amide bonds. The summed E-state index contributed by atoms with van der Waals surface area (Å²) in [4.78, 5) is 38.1. The van der Waals surface area contributed by atoms with Crippen molar-refractivity contribution in [3.63, 3.8) is 0 Å². The number of rotatable bonds is 5. The highest BCUT2D eigenvalue weighted by Gasteiger charge is 2.27. The van der Waals surface area contributed by atoms with Gasteiger partial charge in [-0.3, -0.25) is 14.4 Å². The van der Waals surface area contributed by atoms with Crippen molar-refractivity contribution < 1.29 is 23.5 Å². The van der Waals surface area contributed by atoms with Crippen molar-refractivity contribution in [2.75, 3.05) is 13.1 Å². The van der Waals surface area contributed by atoms with E-state index in [1.807, 2.05) is 24.3 Å². The molecule has 0 aromatic heterocycles. The van der Waals surface area contributed by atoms with Crippen LogP contribution in [-0.2, 0) is 27.3 Å². The van der Waals surface area contributed by atoms with Crippen molar-refractivity contribution in [2.45, 2.75) is 26.0 Å². The van der Waals surface area contributed by atoms with Crippen LogP contribution in [0.1, 0.15) is 28.4 Å². The number of hydrogen-bond acceptors (Lipinski definition) is 4. The molecule has 1 N–H and O–H groups in total. The third-order valence-electron chi connectivity index (χ3n) is 4.61. The van der Waals surface area contributed by atoms with Gasteiger partial charge in [-0.15, -0.1) is 0 Å². The van der Waals surface area contributed by atoms with E-state index in [2.05, 4.69) is 5.32 Å². The van der Waals surface area contributed by atoms with Crippen LogP contribution < -0.4 is 5.32 Å². The molecule has 0 spiro atoms. The van der Waals surface area contributed by atoms with Crippen LogP contribution in [0.3, 0.4) is 0 Å². The number of amides is 2. The van der Waals surface area contributed by atoms with Gasteiger partial charge in [0.1, 0.15) is 12.4 Å². The van der Waals surface area contributed by atoms with Crippen molar-refractivity contribution in [1.82, 2.24) is 10.2 Å². The van der Waals surface area contributed by atoms with E-state index >= 15 is 0 Å². The van der Waals surface area contributed by atoms with Crippen LogP contribution in [0.15, 0.2) is 48.5 Å². The summed E-state index contributed by atoms with van der Waals surface area (Å²) in [6.45, 7) is 2.08. The molecule has 1 aliphatic rings. The molecule has 1 atom stereocenters. The van der Waals surface area contributed by atoms with Crippen LogP contribution >= 0.6 is 0 Å². The molecule has 3 rings (SSSR count). The monoisotopic (exact) mass is 384 g/mol. The zero-order valence-electron chi connectivity index (χ0n) is 15.5. The second-order valence-corrected chi connectivity index (χ2v) is 6.57. The fourth-order valence-electron chi connectivity index (χ4n) is 3.12. The third-order valence-corrected chi connectivity index (χ3v) is 4.61. The summed E-state index contributed by atoms with van der Waals surface area (Å²) in [5.74, 6) is -2.45. The molecule has 0 aliphatic carbocycles. The molecule has 1 aliphatic heterocycles. The SMILES string of the molecule is C[C@H](OC(=O)CNC(=O)c1ccccc1F)C(=O)N1CCc2ccccc2C1. The first-order chi connectivity index (χ1) is 13.5. The van der Waals surface area contributed by atoms with Gasteiger partial charge >= 0.3 is 5.97 Å². The molecule has 0 saturated heterocycles. The second-order valence-electron chi connectivity index (χ2n) is 6.57. The Morgan fingerprint density at radius 1 is 1.11 bits per heavy atom. The molecular weight excluding hydrogens is 363 g/mol. The van der Waals surface area contributed by atoms with Crippen LogP contribution in [0, 0.1) is 5.82 Å². The smallest absolute Gasteiger partial charge is 0.326 e. The number of esters is 1. The third kappa shape index (κ3) is 4.54.